The zero-order chi connectivity index (χ0) is 13.3. The Morgan fingerprint density at radius 2 is 1.67 bits per heavy atom. The first kappa shape index (κ1) is 13.8. The second-order valence-corrected chi connectivity index (χ2v) is 6.38. The molecule has 4 nitrogen and oxygen atoms in total. The summed E-state index contributed by atoms with van der Waals surface area (Å²) in [4.78, 5) is 17.2. The maximum absolute atomic E-state index is 12.8. The molecule has 2 heterocycles. The predicted octanol–water partition coefficient (Wildman–Crippen LogP) is 0.927. The molecule has 2 atom stereocenters. The first-order chi connectivity index (χ1) is 8.44. The van der Waals surface area contributed by atoms with Gasteiger partial charge in [0, 0.05) is 30.6 Å². The Morgan fingerprint density at radius 3 is 2.17 bits per heavy atom. The van der Waals surface area contributed by atoms with Crippen LogP contribution < -0.4 is 5.32 Å². The van der Waals surface area contributed by atoms with Gasteiger partial charge < -0.3 is 10.2 Å². The van der Waals surface area contributed by atoms with Crippen LogP contribution in [0.4, 0.5) is 0 Å². The Morgan fingerprint density at radius 1 is 1.17 bits per heavy atom. The minimum atomic E-state index is -0.138. The number of piperazine rings is 1. The highest BCUT2D eigenvalue weighted by molar-refractivity contribution is 5.82. The molecule has 0 aromatic carbocycles. The van der Waals surface area contributed by atoms with Crippen molar-refractivity contribution in [3.05, 3.63) is 0 Å². The molecule has 0 saturated carbocycles. The number of carbonyl (C=O) groups excluding carboxylic acids is 1. The summed E-state index contributed by atoms with van der Waals surface area (Å²) >= 11 is 0. The van der Waals surface area contributed by atoms with Gasteiger partial charge in [-0.05, 0) is 46.8 Å². The van der Waals surface area contributed by atoms with Gasteiger partial charge in [0.15, 0.2) is 0 Å². The van der Waals surface area contributed by atoms with Gasteiger partial charge in [-0.25, -0.2) is 0 Å². The van der Waals surface area contributed by atoms with E-state index in [2.05, 4.69) is 42.9 Å². The van der Waals surface area contributed by atoms with Crippen LogP contribution in [0.25, 0.3) is 0 Å². The molecule has 0 aromatic heterocycles. The van der Waals surface area contributed by atoms with Crippen molar-refractivity contribution in [2.24, 2.45) is 5.41 Å². The Hall–Kier alpha value is -0.610. The number of piperidine rings is 1. The largest absolute Gasteiger partial charge is 0.339 e. The molecule has 0 aliphatic carbocycles. The van der Waals surface area contributed by atoms with E-state index in [1.807, 2.05) is 0 Å². The van der Waals surface area contributed by atoms with E-state index in [0.717, 1.165) is 39.0 Å². The van der Waals surface area contributed by atoms with Crippen LogP contribution in [0.2, 0.25) is 0 Å². The van der Waals surface area contributed by atoms with Crippen LogP contribution >= 0.6 is 0 Å². The second-order valence-electron chi connectivity index (χ2n) is 6.38. The zero-order valence-corrected chi connectivity index (χ0v) is 12.2. The summed E-state index contributed by atoms with van der Waals surface area (Å²) in [6.45, 7) is 10.3. The lowest BCUT2D eigenvalue weighted by Gasteiger charge is -2.46. The van der Waals surface area contributed by atoms with Crippen molar-refractivity contribution in [3.8, 4) is 0 Å². The molecule has 18 heavy (non-hydrogen) atoms. The highest BCUT2D eigenvalue weighted by Crippen LogP contribution is 2.31. The summed E-state index contributed by atoms with van der Waals surface area (Å²) in [6.07, 6.45) is 1.95. The predicted molar refractivity (Wildman–Crippen MR) is 73.5 cm³/mol. The highest BCUT2D eigenvalue weighted by atomic mass is 16.2. The summed E-state index contributed by atoms with van der Waals surface area (Å²) in [5.74, 6) is 0.371. The standard InChI is InChI=1S/C14H27N3O/c1-11-9-17(10-12(2)16(11)4)13(18)14(3)5-7-15-8-6-14/h11-12,15H,5-10H2,1-4H3. The zero-order valence-electron chi connectivity index (χ0n) is 12.2. The molecule has 1 N–H and O–H groups in total. The molecule has 0 bridgehead atoms. The lowest BCUT2D eigenvalue weighted by Crippen LogP contribution is -2.59. The Balaban J connectivity index is 2.04. The summed E-state index contributed by atoms with van der Waals surface area (Å²) in [7, 11) is 2.16. The number of nitrogens with one attached hydrogen (secondary N) is 1. The molecule has 2 aliphatic rings. The van der Waals surface area contributed by atoms with E-state index in [9.17, 15) is 4.79 Å². The number of hydrogen-bond acceptors (Lipinski definition) is 3. The van der Waals surface area contributed by atoms with E-state index in [4.69, 9.17) is 0 Å². The van der Waals surface area contributed by atoms with Crippen molar-refractivity contribution in [1.82, 2.24) is 15.1 Å². The molecular weight excluding hydrogens is 226 g/mol. The first-order valence-corrected chi connectivity index (χ1v) is 7.16. The molecule has 2 unspecified atom stereocenters. The van der Waals surface area contributed by atoms with Gasteiger partial charge >= 0.3 is 0 Å². The van der Waals surface area contributed by atoms with Crippen molar-refractivity contribution >= 4 is 5.91 Å². The third-order valence-electron chi connectivity index (χ3n) is 4.87. The third-order valence-corrected chi connectivity index (χ3v) is 4.87. The number of likely N-dealkylation sites (N-methyl/N-ethyl adjacent to an activating group) is 1. The van der Waals surface area contributed by atoms with Crippen molar-refractivity contribution in [2.75, 3.05) is 33.2 Å². The molecule has 0 aromatic rings. The SMILES string of the molecule is CC1CN(C(=O)C2(C)CCNCC2)CC(C)N1C. The fraction of sp³-hybridized carbons (Fsp3) is 0.929. The van der Waals surface area contributed by atoms with Gasteiger partial charge in [0.05, 0.1) is 0 Å². The highest BCUT2D eigenvalue weighted by Gasteiger charge is 2.40. The molecule has 2 fully saturated rings. The van der Waals surface area contributed by atoms with Gasteiger partial charge in [0.25, 0.3) is 0 Å². The van der Waals surface area contributed by atoms with Gasteiger partial charge in [-0.3, -0.25) is 9.69 Å². The minimum Gasteiger partial charge on any atom is -0.339 e. The average molecular weight is 253 g/mol. The summed E-state index contributed by atoms with van der Waals surface area (Å²) in [6, 6.07) is 0.922. The van der Waals surface area contributed by atoms with Crippen LogP contribution in [0, 0.1) is 5.41 Å². The maximum Gasteiger partial charge on any atom is 0.228 e. The first-order valence-electron chi connectivity index (χ1n) is 7.16. The van der Waals surface area contributed by atoms with Gasteiger partial charge in [-0.15, -0.1) is 0 Å². The topological polar surface area (TPSA) is 35.6 Å². The summed E-state index contributed by atoms with van der Waals surface area (Å²) < 4.78 is 0. The van der Waals surface area contributed by atoms with Crippen molar-refractivity contribution in [3.63, 3.8) is 0 Å². The Bertz CT molecular complexity index is 300. The van der Waals surface area contributed by atoms with Crippen LogP contribution in [-0.4, -0.2) is 61.0 Å². The lowest BCUT2D eigenvalue weighted by molar-refractivity contribution is -0.146. The van der Waals surface area contributed by atoms with Crippen molar-refractivity contribution in [2.45, 2.75) is 45.7 Å². The molecular formula is C14H27N3O. The molecule has 1 amide bonds. The average Bonchev–Trinajstić information content (AvgIpc) is 2.35. The van der Waals surface area contributed by atoms with Gasteiger partial charge in [-0.2, -0.15) is 0 Å². The van der Waals surface area contributed by atoms with Crippen LogP contribution in [0.15, 0.2) is 0 Å². The smallest absolute Gasteiger partial charge is 0.228 e. The molecule has 2 rings (SSSR count). The number of rotatable bonds is 1. The molecule has 104 valence electrons. The molecule has 0 radical (unpaired) electrons. The monoisotopic (exact) mass is 253 g/mol. The summed E-state index contributed by atoms with van der Waals surface area (Å²) in [5, 5.41) is 3.34. The van der Waals surface area contributed by atoms with Crippen LogP contribution in [0.5, 0.6) is 0 Å². The van der Waals surface area contributed by atoms with Gasteiger partial charge in [0.2, 0.25) is 5.91 Å². The molecule has 4 heteroatoms. The van der Waals surface area contributed by atoms with Crippen LogP contribution in [0.3, 0.4) is 0 Å². The molecule has 2 aliphatic heterocycles. The third kappa shape index (κ3) is 2.54. The van der Waals surface area contributed by atoms with Gasteiger partial charge in [-0.1, -0.05) is 6.92 Å². The number of hydrogen-bond donors (Lipinski definition) is 1. The van der Waals surface area contributed by atoms with Crippen molar-refractivity contribution < 1.29 is 4.79 Å². The van der Waals surface area contributed by atoms with Crippen LogP contribution in [0.1, 0.15) is 33.6 Å². The number of nitrogens with zero attached hydrogens (tertiary/aromatic N) is 2. The molecule has 0 spiro atoms. The fourth-order valence-electron chi connectivity index (χ4n) is 3.14. The van der Waals surface area contributed by atoms with Crippen molar-refractivity contribution in [1.29, 1.82) is 0 Å². The Kier molecular flexibility index (Phi) is 3.97. The van der Waals surface area contributed by atoms with Gasteiger partial charge in [0.1, 0.15) is 0 Å². The fourth-order valence-corrected chi connectivity index (χ4v) is 3.14. The quantitative estimate of drug-likeness (QED) is 0.755. The summed E-state index contributed by atoms with van der Waals surface area (Å²) in [5.41, 5.74) is -0.138. The van der Waals surface area contributed by atoms with Crippen LogP contribution in [-0.2, 0) is 4.79 Å². The van der Waals surface area contributed by atoms with E-state index in [-0.39, 0.29) is 5.41 Å². The Labute approximate surface area is 111 Å². The molecule has 2 saturated heterocycles. The van der Waals surface area contributed by atoms with E-state index < -0.39 is 0 Å². The maximum atomic E-state index is 12.8. The normalized spacial score (nSPS) is 33.4. The number of amides is 1. The van der Waals surface area contributed by atoms with E-state index in [1.54, 1.807) is 0 Å². The van der Waals surface area contributed by atoms with E-state index in [1.165, 1.54) is 0 Å². The second kappa shape index (κ2) is 5.17. The minimum absolute atomic E-state index is 0.138. The van der Waals surface area contributed by atoms with E-state index in [0.29, 0.717) is 18.0 Å². The number of carbonyl (C=O) groups is 1. The van der Waals surface area contributed by atoms with E-state index >= 15 is 0 Å². The lowest BCUT2D eigenvalue weighted by atomic mass is 9.79.